The molecule has 0 radical (unpaired) electrons. The van der Waals surface area contributed by atoms with Crippen molar-refractivity contribution in [3.63, 3.8) is 0 Å². The van der Waals surface area contributed by atoms with Crippen LogP contribution in [0, 0.1) is 35.5 Å². The summed E-state index contributed by atoms with van der Waals surface area (Å²) in [6.45, 7) is 25.5. The summed E-state index contributed by atoms with van der Waals surface area (Å²) in [7, 11) is 0. The molecule has 3 amide bonds. The number of ketones is 1. The van der Waals surface area contributed by atoms with Crippen LogP contribution in [-0.2, 0) is 24.0 Å². The van der Waals surface area contributed by atoms with E-state index in [1.54, 1.807) is 13.8 Å². The second-order valence-electron chi connectivity index (χ2n) is 12.3. The summed E-state index contributed by atoms with van der Waals surface area (Å²) in [5.41, 5.74) is 0. The first-order chi connectivity index (χ1) is 17.7. The molecule has 0 aromatic heterocycles. The lowest BCUT2D eigenvalue weighted by atomic mass is 10.0. The number of carboxylic acid groups (broad SMARTS) is 1. The molecule has 0 saturated heterocycles. The Kier molecular flexibility index (Phi) is 23.5. The average molecular weight is 558 g/mol. The van der Waals surface area contributed by atoms with E-state index in [1.165, 1.54) is 6.92 Å². The molecule has 0 spiro atoms. The van der Waals surface area contributed by atoms with Crippen molar-refractivity contribution in [2.45, 2.75) is 121 Å². The monoisotopic (exact) mass is 557 g/mol. The van der Waals surface area contributed by atoms with Gasteiger partial charge in [-0.1, -0.05) is 83.1 Å². The van der Waals surface area contributed by atoms with E-state index < -0.39 is 12.0 Å². The molecule has 9 heteroatoms. The Morgan fingerprint density at radius 2 is 0.923 bits per heavy atom. The molecule has 0 aliphatic rings. The van der Waals surface area contributed by atoms with Crippen molar-refractivity contribution in [3.8, 4) is 0 Å². The molecular weight excluding hydrogens is 498 g/mol. The molecule has 2 unspecified atom stereocenters. The third-order valence-electron chi connectivity index (χ3n) is 5.43. The molecule has 0 fully saturated rings. The SMILES string of the molecule is CC(=O)C(CC(C)C)NC(=O)C(C)C.CC(C)CC(NC(=O)C(C)C)C(=O)O.CC(C)CCNC(=O)C(C)C. The highest BCUT2D eigenvalue weighted by Gasteiger charge is 2.22. The molecule has 0 aliphatic carbocycles. The van der Waals surface area contributed by atoms with Crippen LogP contribution in [-0.4, -0.2) is 53.2 Å². The standard InChI is InChI=1S/C11H21NO2.C10H19NO3.C9H19NO/c1-7(2)6-10(9(5)13)12-11(14)8(3)4;1-6(2)5-8(10(13)14)11-9(12)7(3)4;1-7(2)5-6-10-9(11)8(3)4/h7-8,10H,6H2,1-5H3,(H,12,14);6-8H,5H2,1-4H3,(H,11,12)(H,13,14);7-8H,5-6H2,1-4H3,(H,10,11). The molecule has 4 N–H and O–H groups in total. The average Bonchev–Trinajstić information content (AvgIpc) is 2.77. The van der Waals surface area contributed by atoms with Gasteiger partial charge in [0.25, 0.3) is 0 Å². The molecule has 230 valence electrons. The molecule has 0 bridgehead atoms. The van der Waals surface area contributed by atoms with E-state index in [2.05, 4.69) is 29.8 Å². The summed E-state index contributed by atoms with van der Waals surface area (Å²) in [6, 6.07) is -1.07. The molecule has 2 atom stereocenters. The van der Waals surface area contributed by atoms with Crippen molar-refractivity contribution in [1.29, 1.82) is 0 Å². The Morgan fingerprint density at radius 3 is 1.21 bits per heavy atom. The predicted molar refractivity (Wildman–Crippen MR) is 158 cm³/mol. The summed E-state index contributed by atoms with van der Waals surface area (Å²) in [5, 5.41) is 17.0. The van der Waals surface area contributed by atoms with Crippen molar-refractivity contribution >= 4 is 29.5 Å². The number of amides is 3. The fourth-order valence-corrected chi connectivity index (χ4v) is 2.86. The van der Waals surface area contributed by atoms with Crippen molar-refractivity contribution in [2.24, 2.45) is 35.5 Å². The van der Waals surface area contributed by atoms with Gasteiger partial charge in [0.2, 0.25) is 17.7 Å². The van der Waals surface area contributed by atoms with Crippen LogP contribution >= 0.6 is 0 Å². The molecule has 0 aromatic carbocycles. The predicted octanol–water partition coefficient (Wildman–Crippen LogP) is 4.82. The van der Waals surface area contributed by atoms with Crippen LogP contribution in [0.4, 0.5) is 0 Å². The lowest BCUT2D eigenvalue weighted by Gasteiger charge is -2.19. The smallest absolute Gasteiger partial charge is 0.326 e. The van der Waals surface area contributed by atoms with Crippen LogP contribution < -0.4 is 16.0 Å². The third-order valence-corrected chi connectivity index (χ3v) is 5.43. The van der Waals surface area contributed by atoms with Gasteiger partial charge in [-0.05, 0) is 43.9 Å². The molecule has 0 saturated carbocycles. The summed E-state index contributed by atoms with van der Waals surface area (Å²) in [6.07, 6.45) is 2.25. The third kappa shape index (κ3) is 25.6. The lowest BCUT2D eigenvalue weighted by Crippen LogP contribution is -2.43. The van der Waals surface area contributed by atoms with E-state index in [0.717, 1.165) is 13.0 Å². The quantitative estimate of drug-likeness (QED) is 0.241. The van der Waals surface area contributed by atoms with Gasteiger partial charge in [-0.3, -0.25) is 19.2 Å². The summed E-state index contributed by atoms with van der Waals surface area (Å²) in [4.78, 5) is 55.7. The van der Waals surface area contributed by atoms with Gasteiger partial charge in [-0.15, -0.1) is 0 Å². The number of carboxylic acids is 1. The van der Waals surface area contributed by atoms with Gasteiger partial charge in [0, 0.05) is 24.3 Å². The number of carbonyl (C=O) groups excluding carboxylic acids is 4. The lowest BCUT2D eigenvalue weighted by molar-refractivity contribution is -0.142. The van der Waals surface area contributed by atoms with E-state index in [4.69, 9.17) is 5.11 Å². The van der Waals surface area contributed by atoms with Crippen molar-refractivity contribution in [2.75, 3.05) is 6.54 Å². The van der Waals surface area contributed by atoms with E-state index in [9.17, 15) is 24.0 Å². The number of Topliss-reactive ketones (excluding diaryl/α,β-unsaturated/α-hetero) is 1. The number of aliphatic carboxylic acids is 1. The van der Waals surface area contributed by atoms with Crippen molar-refractivity contribution in [1.82, 2.24) is 16.0 Å². The Balaban J connectivity index is -0.000000503. The molecular formula is C30H59N3O6. The Labute approximate surface area is 238 Å². The molecule has 0 heterocycles. The molecule has 39 heavy (non-hydrogen) atoms. The Morgan fingerprint density at radius 1 is 0.564 bits per heavy atom. The maximum absolute atomic E-state index is 11.4. The highest BCUT2D eigenvalue weighted by Crippen LogP contribution is 2.07. The maximum Gasteiger partial charge on any atom is 0.326 e. The molecule has 0 aromatic rings. The van der Waals surface area contributed by atoms with Crippen LogP contribution in [0.5, 0.6) is 0 Å². The minimum Gasteiger partial charge on any atom is -0.480 e. The van der Waals surface area contributed by atoms with Crippen LogP contribution in [0.25, 0.3) is 0 Å². The maximum atomic E-state index is 11.4. The van der Waals surface area contributed by atoms with Gasteiger partial charge in [-0.25, -0.2) is 4.79 Å². The first-order valence-corrected chi connectivity index (χ1v) is 14.3. The zero-order valence-electron chi connectivity index (χ0n) is 26.9. The molecule has 9 nitrogen and oxygen atoms in total. The number of nitrogens with one attached hydrogen (secondary N) is 3. The van der Waals surface area contributed by atoms with E-state index in [0.29, 0.717) is 24.7 Å². The largest absolute Gasteiger partial charge is 0.480 e. The fraction of sp³-hybridized carbons (Fsp3) is 0.833. The minimum atomic E-state index is -0.965. The highest BCUT2D eigenvalue weighted by atomic mass is 16.4. The van der Waals surface area contributed by atoms with Gasteiger partial charge in [0.05, 0.1) is 6.04 Å². The first kappa shape index (κ1) is 41.0. The van der Waals surface area contributed by atoms with Crippen LogP contribution in [0.15, 0.2) is 0 Å². The van der Waals surface area contributed by atoms with E-state index in [1.807, 2.05) is 55.4 Å². The second kappa shape index (κ2) is 22.4. The van der Waals surface area contributed by atoms with Gasteiger partial charge >= 0.3 is 5.97 Å². The first-order valence-electron chi connectivity index (χ1n) is 14.3. The number of hydrogen-bond acceptors (Lipinski definition) is 5. The Hall–Kier alpha value is -2.45. The van der Waals surface area contributed by atoms with Crippen LogP contribution in [0.3, 0.4) is 0 Å². The summed E-state index contributed by atoms with van der Waals surface area (Å²) < 4.78 is 0. The second-order valence-corrected chi connectivity index (χ2v) is 12.3. The number of hydrogen-bond donors (Lipinski definition) is 4. The normalized spacial score (nSPS) is 12.4. The van der Waals surface area contributed by atoms with Crippen molar-refractivity contribution < 1.29 is 29.1 Å². The molecule has 0 rings (SSSR count). The van der Waals surface area contributed by atoms with Gasteiger partial charge in [0.15, 0.2) is 5.78 Å². The number of carbonyl (C=O) groups is 5. The van der Waals surface area contributed by atoms with Crippen LogP contribution in [0.2, 0.25) is 0 Å². The molecule has 0 aliphatic heterocycles. The topological polar surface area (TPSA) is 142 Å². The van der Waals surface area contributed by atoms with Crippen LogP contribution in [0.1, 0.15) is 109 Å². The Bertz CT molecular complexity index is 684. The summed E-state index contributed by atoms with van der Waals surface area (Å²) >= 11 is 0. The zero-order valence-corrected chi connectivity index (χ0v) is 26.9. The van der Waals surface area contributed by atoms with Gasteiger partial charge < -0.3 is 21.1 Å². The van der Waals surface area contributed by atoms with E-state index in [-0.39, 0.29) is 53.2 Å². The zero-order chi connectivity index (χ0) is 31.5. The number of rotatable bonds is 14. The highest BCUT2D eigenvalue weighted by molar-refractivity contribution is 5.88. The minimum absolute atomic E-state index is 0.0349. The van der Waals surface area contributed by atoms with Gasteiger partial charge in [0.1, 0.15) is 6.04 Å². The van der Waals surface area contributed by atoms with E-state index >= 15 is 0 Å². The van der Waals surface area contributed by atoms with Gasteiger partial charge in [-0.2, -0.15) is 0 Å². The van der Waals surface area contributed by atoms with Crippen molar-refractivity contribution in [3.05, 3.63) is 0 Å². The summed E-state index contributed by atoms with van der Waals surface area (Å²) in [5.74, 6) is 0.174. The fourth-order valence-electron chi connectivity index (χ4n) is 2.86.